The Labute approximate surface area is 164 Å². The number of ether oxygens (including phenoxy) is 3. The molecule has 1 unspecified atom stereocenters. The third-order valence-electron chi connectivity index (χ3n) is 4.19. The molecule has 1 aliphatic heterocycles. The second-order valence-electron chi connectivity index (χ2n) is 5.99. The van der Waals surface area contributed by atoms with Gasteiger partial charge >= 0.3 is 0 Å². The lowest BCUT2D eigenvalue weighted by atomic mass is 10.3. The van der Waals surface area contributed by atoms with E-state index in [0.29, 0.717) is 12.6 Å². The molecule has 3 rings (SSSR count). The van der Waals surface area contributed by atoms with Crippen molar-refractivity contribution in [2.24, 2.45) is 0 Å². The molecule has 2 aromatic carbocycles. The maximum Gasteiger partial charge on any atom is 0.132 e. The van der Waals surface area contributed by atoms with Crippen LogP contribution in [0.4, 0.5) is 0 Å². The van der Waals surface area contributed by atoms with Crippen LogP contribution in [-0.4, -0.2) is 51.0 Å². The molecule has 0 fully saturated rings. The molecule has 2 atom stereocenters. The lowest BCUT2D eigenvalue weighted by molar-refractivity contribution is 0.116. The molecule has 0 aliphatic carbocycles. The van der Waals surface area contributed by atoms with Crippen LogP contribution in [0.25, 0.3) is 0 Å². The van der Waals surface area contributed by atoms with E-state index in [0.717, 1.165) is 34.4 Å². The number of rotatable bonds is 8. The van der Waals surface area contributed by atoms with Crippen molar-refractivity contribution in [2.75, 3.05) is 38.9 Å². The van der Waals surface area contributed by atoms with E-state index in [1.807, 2.05) is 42.1 Å². The first-order valence-corrected chi connectivity index (χ1v) is 10.6. The van der Waals surface area contributed by atoms with Crippen molar-refractivity contribution in [3.05, 3.63) is 48.5 Å². The quantitative estimate of drug-likeness (QED) is 0.687. The van der Waals surface area contributed by atoms with E-state index in [9.17, 15) is 0 Å². The normalized spacial score (nSPS) is 17.7. The van der Waals surface area contributed by atoms with Crippen LogP contribution in [0, 0.1) is 0 Å². The van der Waals surface area contributed by atoms with Gasteiger partial charge in [-0.05, 0) is 24.3 Å². The summed E-state index contributed by atoms with van der Waals surface area (Å²) < 4.78 is 17.0. The number of para-hydroxylation sites is 2. The lowest BCUT2D eigenvalue weighted by Gasteiger charge is -2.21. The van der Waals surface area contributed by atoms with Gasteiger partial charge in [0.05, 0.1) is 19.3 Å². The topological polar surface area (TPSA) is 39.7 Å². The van der Waals surface area contributed by atoms with Crippen molar-refractivity contribution >= 4 is 23.5 Å². The molecule has 0 amide bonds. The lowest BCUT2D eigenvalue weighted by Crippen LogP contribution is -2.41. The van der Waals surface area contributed by atoms with Crippen molar-refractivity contribution in [3.8, 4) is 11.5 Å². The summed E-state index contributed by atoms with van der Waals surface area (Å²) in [5.74, 6) is 3.75. The van der Waals surface area contributed by atoms with Gasteiger partial charge in [-0.25, -0.2) is 0 Å². The molecule has 0 bridgehead atoms. The average Bonchev–Trinajstić information content (AvgIpc) is 2.91. The molecular formula is C20H25NO3S2. The van der Waals surface area contributed by atoms with Crippen molar-refractivity contribution in [1.29, 1.82) is 0 Å². The summed E-state index contributed by atoms with van der Waals surface area (Å²) in [6.45, 7) is 1.48. The van der Waals surface area contributed by atoms with Crippen LogP contribution in [0.5, 0.6) is 11.5 Å². The third kappa shape index (κ3) is 5.33. The van der Waals surface area contributed by atoms with Gasteiger partial charge in [-0.3, -0.25) is 0 Å². The standard InChI is InChI=1S/C20H25NO3S2/c1-22-16(14-26-19-9-5-3-7-17(19)23-2)11-21-15-12-24-18-8-4-6-10-20(18)25-13-15/h3-10,15-16,21H,11-14H2,1-2H3/t15?,16-/m1/s1. The van der Waals surface area contributed by atoms with Gasteiger partial charge < -0.3 is 19.5 Å². The molecule has 140 valence electrons. The van der Waals surface area contributed by atoms with Gasteiger partial charge in [-0.1, -0.05) is 24.3 Å². The predicted octanol–water partition coefficient (Wildman–Crippen LogP) is 3.95. The second kappa shape index (κ2) is 10.1. The van der Waals surface area contributed by atoms with Crippen LogP contribution in [0.2, 0.25) is 0 Å². The Morgan fingerprint density at radius 1 is 1.19 bits per heavy atom. The molecule has 0 spiro atoms. The second-order valence-corrected chi connectivity index (χ2v) is 8.12. The monoisotopic (exact) mass is 391 g/mol. The van der Waals surface area contributed by atoms with Gasteiger partial charge in [0.1, 0.15) is 18.1 Å². The van der Waals surface area contributed by atoms with Crippen LogP contribution < -0.4 is 14.8 Å². The number of nitrogens with one attached hydrogen (secondary N) is 1. The van der Waals surface area contributed by atoms with Gasteiger partial charge in [0, 0.05) is 35.0 Å². The molecule has 0 saturated carbocycles. The highest BCUT2D eigenvalue weighted by molar-refractivity contribution is 7.99. The Kier molecular flexibility index (Phi) is 7.55. The van der Waals surface area contributed by atoms with Crippen molar-refractivity contribution in [3.63, 3.8) is 0 Å². The SMILES string of the molecule is COc1ccccc1SC[C@@H](CNC1COc2ccccc2SC1)OC. The van der Waals surface area contributed by atoms with Crippen LogP contribution in [-0.2, 0) is 4.74 Å². The number of benzene rings is 2. The molecule has 26 heavy (non-hydrogen) atoms. The summed E-state index contributed by atoms with van der Waals surface area (Å²) >= 11 is 3.60. The van der Waals surface area contributed by atoms with E-state index in [1.165, 1.54) is 4.90 Å². The van der Waals surface area contributed by atoms with Crippen molar-refractivity contribution in [2.45, 2.75) is 21.9 Å². The summed E-state index contributed by atoms with van der Waals surface area (Å²) in [5.41, 5.74) is 0. The highest BCUT2D eigenvalue weighted by atomic mass is 32.2. The first-order chi connectivity index (χ1) is 12.8. The molecule has 1 N–H and O–H groups in total. The summed E-state index contributed by atoms with van der Waals surface area (Å²) in [6, 6.07) is 16.6. The average molecular weight is 392 g/mol. The molecule has 0 aromatic heterocycles. The van der Waals surface area contributed by atoms with Crippen LogP contribution >= 0.6 is 23.5 Å². The van der Waals surface area contributed by atoms with Gasteiger partial charge in [0.25, 0.3) is 0 Å². The third-order valence-corrected chi connectivity index (χ3v) is 6.59. The molecule has 0 saturated heterocycles. The number of fused-ring (bicyclic) bond motifs is 1. The predicted molar refractivity (Wildman–Crippen MR) is 109 cm³/mol. The minimum Gasteiger partial charge on any atom is -0.496 e. The van der Waals surface area contributed by atoms with Crippen molar-refractivity contribution in [1.82, 2.24) is 5.32 Å². The summed E-state index contributed by atoms with van der Waals surface area (Å²) in [7, 11) is 3.47. The Hall–Kier alpha value is -1.34. The largest absolute Gasteiger partial charge is 0.496 e. The zero-order valence-electron chi connectivity index (χ0n) is 15.1. The first-order valence-electron chi connectivity index (χ1n) is 8.66. The van der Waals surface area contributed by atoms with Gasteiger partial charge in [0.2, 0.25) is 0 Å². The van der Waals surface area contributed by atoms with E-state index in [1.54, 1.807) is 26.0 Å². The van der Waals surface area contributed by atoms with E-state index < -0.39 is 0 Å². The fraction of sp³-hybridized carbons (Fsp3) is 0.400. The Morgan fingerprint density at radius 3 is 2.85 bits per heavy atom. The smallest absolute Gasteiger partial charge is 0.132 e. The highest BCUT2D eigenvalue weighted by Crippen LogP contribution is 2.32. The number of hydrogen-bond donors (Lipinski definition) is 1. The summed E-state index contributed by atoms with van der Waals surface area (Å²) in [5, 5.41) is 3.60. The minimum absolute atomic E-state index is 0.126. The van der Waals surface area contributed by atoms with Crippen LogP contribution in [0.15, 0.2) is 58.3 Å². The Balaban J connectivity index is 1.47. The number of thioether (sulfide) groups is 2. The Bertz CT molecular complexity index is 671. The van der Waals surface area contributed by atoms with E-state index in [-0.39, 0.29) is 6.10 Å². The van der Waals surface area contributed by atoms with Gasteiger partial charge in [-0.15, -0.1) is 23.5 Å². The van der Waals surface area contributed by atoms with Gasteiger partial charge in [-0.2, -0.15) is 0 Å². The molecule has 4 nitrogen and oxygen atoms in total. The number of methoxy groups -OCH3 is 2. The van der Waals surface area contributed by atoms with Gasteiger partial charge in [0.15, 0.2) is 0 Å². The van der Waals surface area contributed by atoms with E-state index in [2.05, 4.69) is 23.5 Å². The maximum atomic E-state index is 5.94. The summed E-state index contributed by atoms with van der Waals surface area (Å²) in [4.78, 5) is 2.35. The minimum atomic E-state index is 0.126. The van der Waals surface area contributed by atoms with E-state index in [4.69, 9.17) is 14.2 Å². The molecule has 0 radical (unpaired) electrons. The maximum absolute atomic E-state index is 5.94. The van der Waals surface area contributed by atoms with Crippen LogP contribution in [0.1, 0.15) is 0 Å². The molecule has 2 aromatic rings. The molecule has 6 heteroatoms. The first kappa shape index (κ1) is 19.4. The highest BCUT2D eigenvalue weighted by Gasteiger charge is 2.19. The van der Waals surface area contributed by atoms with E-state index >= 15 is 0 Å². The molecular weight excluding hydrogens is 366 g/mol. The Morgan fingerprint density at radius 2 is 2.00 bits per heavy atom. The van der Waals surface area contributed by atoms with Crippen molar-refractivity contribution < 1.29 is 14.2 Å². The fourth-order valence-corrected chi connectivity index (χ4v) is 4.79. The fourth-order valence-electron chi connectivity index (χ4n) is 2.66. The molecule has 1 aliphatic rings. The zero-order chi connectivity index (χ0) is 18.2. The number of hydrogen-bond acceptors (Lipinski definition) is 6. The zero-order valence-corrected chi connectivity index (χ0v) is 16.8. The van der Waals surface area contributed by atoms with Crippen LogP contribution in [0.3, 0.4) is 0 Å². The molecule has 1 heterocycles. The summed E-state index contributed by atoms with van der Waals surface area (Å²) in [6.07, 6.45) is 0.126.